The Morgan fingerprint density at radius 3 is 2.50 bits per heavy atom. The Balaban J connectivity index is 2.10. The Morgan fingerprint density at radius 1 is 1.33 bits per heavy atom. The zero-order valence-corrected chi connectivity index (χ0v) is 7.33. The van der Waals surface area contributed by atoms with Gasteiger partial charge < -0.3 is 5.11 Å². The number of rotatable bonds is 2. The van der Waals surface area contributed by atoms with Crippen LogP contribution < -0.4 is 0 Å². The van der Waals surface area contributed by atoms with E-state index in [0.717, 1.165) is 0 Å². The molecule has 1 N–H and O–H groups in total. The summed E-state index contributed by atoms with van der Waals surface area (Å²) in [4.78, 5) is 0. The summed E-state index contributed by atoms with van der Waals surface area (Å²) in [5.74, 6) is 1.17. The fourth-order valence-electron chi connectivity index (χ4n) is 1.67. The van der Waals surface area contributed by atoms with Gasteiger partial charge in [0.15, 0.2) is 0 Å². The first-order valence-corrected chi connectivity index (χ1v) is 4.48. The average molecular weight is 162 g/mol. The molecule has 1 fully saturated rings. The van der Waals surface area contributed by atoms with Crippen LogP contribution in [0.2, 0.25) is 0 Å². The molecule has 0 unspecified atom stereocenters. The van der Waals surface area contributed by atoms with Crippen molar-refractivity contribution in [3.8, 4) is 0 Å². The van der Waals surface area contributed by atoms with E-state index < -0.39 is 0 Å². The Morgan fingerprint density at radius 2 is 2.00 bits per heavy atom. The highest BCUT2D eigenvalue weighted by atomic mass is 16.3. The summed E-state index contributed by atoms with van der Waals surface area (Å²) in [6.07, 6.45) is 1.17. The molecule has 0 bridgehead atoms. The van der Waals surface area contributed by atoms with Gasteiger partial charge in [0.1, 0.15) is 0 Å². The van der Waals surface area contributed by atoms with Crippen molar-refractivity contribution >= 4 is 0 Å². The second-order valence-corrected chi connectivity index (χ2v) is 3.70. The van der Waals surface area contributed by atoms with Crippen LogP contribution in [-0.2, 0) is 0 Å². The van der Waals surface area contributed by atoms with E-state index in [1.54, 1.807) is 0 Å². The van der Waals surface area contributed by atoms with Gasteiger partial charge in [0, 0.05) is 6.61 Å². The maximum absolute atomic E-state index is 8.89. The summed E-state index contributed by atoms with van der Waals surface area (Å²) < 4.78 is 0. The van der Waals surface area contributed by atoms with Crippen molar-refractivity contribution in [2.45, 2.75) is 19.3 Å². The molecular formula is C11H14O. The van der Waals surface area contributed by atoms with E-state index in [2.05, 4.69) is 31.2 Å². The number of aliphatic hydroxyl groups excluding tert-OH is 1. The summed E-state index contributed by atoms with van der Waals surface area (Å²) in [6, 6.07) is 8.63. The lowest BCUT2D eigenvalue weighted by atomic mass is 10.1. The quantitative estimate of drug-likeness (QED) is 0.706. The molecule has 1 aliphatic carbocycles. The molecule has 1 saturated carbocycles. The molecule has 12 heavy (non-hydrogen) atoms. The zero-order chi connectivity index (χ0) is 8.55. The molecule has 0 spiro atoms. The van der Waals surface area contributed by atoms with Gasteiger partial charge in [-0.15, -0.1) is 0 Å². The van der Waals surface area contributed by atoms with Gasteiger partial charge in [-0.3, -0.25) is 0 Å². The highest BCUT2D eigenvalue weighted by Crippen LogP contribution is 2.46. The predicted molar refractivity (Wildman–Crippen MR) is 49.1 cm³/mol. The number of hydrogen-bond acceptors (Lipinski definition) is 1. The van der Waals surface area contributed by atoms with Crippen LogP contribution in [0.1, 0.15) is 23.5 Å². The Kier molecular flexibility index (Phi) is 1.89. The fourth-order valence-corrected chi connectivity index (χ4v) is 1.67. The number of hydrogen-bond donors (Lipinski definition) is 1. The van der Waals surface area contributed by atoms with Crippen molar-refractivity contribution in [3.05, 3.63) is 35.4 Å². The minimum absolute atomic E-state index is 0.346. The maximum atomic E-state index is 8.89. The van der Waals surface area contributed by atoms with E-state index in [9.17, 15) is 0 Å². The van der Waals surface area contributed by atoms with E-state index in [-0.39, 0.29) is 0 Å². The van der Waals surface area contributed by atoms with E-state index in [0.29, 0.717) is 18.4 Å². The highest BCUT2D eigenvalue weighted by molar-refractivity contribution is 5.28. The standard InChI is InChI=1S/C11H14O/c1-8-2-4-9(5-3-8)11-6-10(11)7-12/h2-5,10-12H,6-7H2,1H3/t10-,11+/m1/s1. The van der Waals surface area contributed by atoms with E-state index in [1.165, 1.54) is 17.5 Å². The summed E-state index contributed by atoms with van der Waals surface area (Å²) in [5.41, 5.74) is 2.69. The van der Waals surface area contributed by atoms with Gasteiger partial charge >= 0.3 is 0 Å². The van der Waals surface area contributed by atoms with Crippen LogP contribution in [0.5, 0.6) is 0 Å². The third kappa shape index (κ3) is 1.37. The predicted octanol–water partition coefficient (Wildman–Crippen LogP) is 2.09. The van der Waals surface area contributed by atoms with Crippen molar-refractivity contribution in [1.82, 2.24) is 0 Å². The van der Waals surface area contributed by atoms with Crippen LogP contribution in [0.15, 0.2) is 24.3 Å². The van der Waals surface area contributed by atoms with Gasteiger partial charge in [-0.25, -0.2) is 0 Å². The first kappa shape index (κ1) is 7.81. The second kappa shape index (κ2) is 2.91. The molecule has 0 heterocycles. The molecule has 1 aromatic carbocycles. The zero-order valence-electron chi connectivity index (χ0n) is 7.33. The normalized spacial score (nSPS) is 27.2. The molecule has 1 heteroatoms. The van der Waals surface area contributed by atoms with Gasteiger partial charge in [0.25, 0.3) is 0 Å². The van der Waals surface area contributed by atoms with E-state index in [4.69, 9.17) is 5.11 Å². The third-order valence-electron chi connectivity index (χ3n) is 2.66. The molecule has 0 amide bonds. The van der Waals surface area contributed by atoms with Crippen molar-refractivity contribution in [2.75, 3.05) is 6.61 Å². The van der Waals surface area contributed by atoms with Gasteiger partial charge in [0.2, 0.25) is 0 Å². The van der Waals surface area contributed by atoms with Crippen LogP contribution in [-0.4, -0.2) is 11.7 Å². The van der Waals surface area contributed by atoms with Crippen molar-refractivity contribution < 1.29 is 5.11 Å². The average Bonchev–Trinajstić information content (AvgIpc) is 2.85. The minimum atomic E-state index is 0.346. The topological polar surface area (TPSA) is 20.2 Å². The van der Waals surface area contributed by atoms with Crippen molar-refractivity contribution in [1.29, 1.82) is 0 Å². The monoisotopic (exact) mass is 162 g/mol. The van der Waals surface area contributed by atoms with Gasteiger partial charge in [-0.05, 0) is 30.7 Å². The lowest BCUT2D eigenvalue weighted by Gasteiger charge is -1.98. The smallest absolute Gasteiger partial charge is 0.0465 e. The Labute approximate surface area is 73.0 Å². The van der Waals surface area contributed by atoms with Crippen LogP contribution in [0.4, 0.5) is 0 Å². The van der Waals surface area contributed by atoms with Crippen LogP contribution in [0.25, 0.3) is 0 Å². The molecular weight excluding hydrogens is 148 g/mol. The molecule has 1 aromatic rings. The molecule has 0 aliphatic heterocycles. The van der Waals surface area contributed by atoms with Gasteiger partial charge in [-0.1, -0.05) is 29.8 Å². The molecule has 0 aromatic heterocycles. The van der Waals surface area contributed by atoms with Crippen LogP contribution >= 0.6 is 0 Å². The lowest BCUT2D eigenvalue weighted by molar-refractivity contribution is 0.274. The number of aryl methyl sites for hydroxylation is 1. The SMILES string of the molecule is Cc1ccc([C@@H]2C[C@@H]2CO)cc1. The van der Waals surface area contributed by atoms with Crippen LogP contribution in [0, 0.1) is 12.8 Å². The molecule has 2 atom stereocenters. The van der Waals surface area contributed by atoms with Gasteiger partial charge in [-0.2, -0.15) is 0 Å². The largest absolute Gasteiger partial charge is 0.396 e. The number of benzene rings is 1. The Hall–Kier alpha value is -0.820. The molecule has 1 aliphatic rings. The molecule has 2 rings (SSSR count). The van der Waals surface area contributed by atoms with E-state index >= 15 is 0 Å². The van der Waals surface area contributed by atoms with Gasteiger partial charge in [0.05, 0.1) is 0 Å². The highest BCUT2D eigenvalue weighted by Gasteiger charge is 2.37. The van der Waals surface area contributed by atoms with Crippen molar-refractivity contribution in [3.63, 3.8) is 0 Å². The lowest BCUT2D eigenvalue weighted by Crippen LogP contribution is -1.88. The summed E-state index contributed by atoms with van der Waals surface area (Å²) in [5, 5.41) is 8.89. The third-order valence-corrected chi connectivity index (χ3v) is 2.66. The Bertz CT molecular complexity index is 263. The fraction of sp³-hybridized carbons (Fsp3) is 0.455. The molecule has 64 valence electrons. The van der Waals surface area contributed by atoms with Crippen LogP contribution in [0.3, 0.4) is 0 Å². The first-order valence-electron chi connectivity index (χ1n) is 4.48. The molecule has 1 nitrogen and oxygen atoms in total. The molecule has 0 saturated heterocycles. The minimum Gasteiger partial charge on any atom is -0.396 e. The maximum Gasteiger partial charge on any atom is 0.0465 e. The second-order valence-electron chi connectivity index (χ2n) is 3.70. The molecule has 0 radical (unpaired) electrons. The van der Waals surface area contributed by atoms with Crippen molar-refractivity contribution in [2.24, 2.45) is 5.92 Å². The van der Waals surface area contributed by atoms with E-state index in [1.807, 2.05) is 0 Å². The number of aliphatic hydroxyl groups is 1. The summed E-state index contributed by atoms with van der Waals surface area (Å²) >= 11 is 0. The summed E-state index contributed by atoms with van der Waals surface area (Å²) in [7, 11) is 0. The first-order chi connectivity index (χ1) is 5.81. The summed E-state index contributed by atoms with van der Waals surface area (Å²) in [6.45, 7) is 2.44.